The molecule has 0 unspecified atom stereocenters. The third-order valence-electron chi connectivity index (χ3n) is 3.89. The highest BCUT2D eigenvalue weighted by atomic mass is 35.5. The van der Waals surface area contributed by atoms with Gasteiger partial charge in [0.25, 0.3) is 11.8 Å². The van der Waals surface area contributed by atoms with Crippen LogP contribution in [0.5, 0.6) is 0 Å². The lowest BCUT2D eigenvalue weighted by Gasteiger charge is -2.06. The summed E-state index contributed by atoms with van der Waals surface area (Å²) in [4.78, 5) is 41.0. The fraction of sp³-hybridized carbons (Fsp3) is 0.100. The van der Waals surface area contributed by atoms with Gasteiger partial charge in [0.1, 0.15) is 5.82 Å². The van der Waals surface area contributed by atoms with Gasteiger partial charge in [-0.3, -0.25) is 19.4 Å². The lowest BCUT2D eigenvalue weighted by molar-refractivity contribution is -0.115. The number of aromatic nitrogens is 1. The Kier molecular flexibility index (Phi) is 6.76. The quantitative estimate of drug-likeness (QED) is 0.535. The Hall–Kier alpha value is -3.30. The van der Waals surface area contributed by atoms with E-state index in [9.17, 15) is 18.8 Å². The van der Waals surface area contributed by atoms with Gasteiger partial charge in [0, 0.05) is 6.20 Å². The van der Waals surface area contributed by atoms with Crippen molar-refractivity contribution >= 4 is 51.3 Å². The Morgan fingerprint density at radius 2 is 1.93 bits per heavy atom. The Morgan fingerprint density at radius 1 is 1.13 bits per heavy atom. The van der Waals surface area contributed by atoms with Gasteiger partial charge in [0.2, 0.25) is 5.91 Å². The minimum Gasteiger partial charge on any atom is -0.342 e. The van der Waals surface area contributed by atoms with Crippen LogP contribution in [-0.4, -0.2) is 29.3 Å². The molecule has 0 aliphatic carbocycles. The van der Waals surface area contributed by atoms with E-state index in [1.165, 1.54) is 12.3 Å². The molecule has 0 saturated heterocycles. The molecule has 3 aromatic rings. The third-order valence-corrected chi connectivity index (χ3v) is 5.36. The number of anilines is 2. The monoisotopic (exact) mass is 446 g/mol. The second kappa shape index (κ2) is 9.47. The Morgan fingerprint density at radius 3 is 2.63 bits per heavy atom. The van der Waals surface area contributed by atoms with E-state index >= 15 is 0 Å². The molecule has 154 valence electrons. The Balaban J connectivity index is 1.60. The van der Waals surface area contributed by atoms with Gasteiger partial charge in [-0.05, 0) is 48.9 Å². The number of amides is 3. The van der Waals surface area contributed by atoms with Crippen LogP contribution in [0.4, 0.5) is 15.1 Å². The van der Waals surface area contributed by atoms with E-state index in [1.807, 2.05) is 0 Å². The first kappa shape index (κ1) is 21.4. The first-order valence-corrected chi connectivity index (χ1v) is 9.88. The number of thiophene rings is 1. The molecule has 3 rings (SSSR count). The maximum Gasteiger partial charge on any atom is 0.262 e. The summed E-state index contributed by atoms with van der Waals surface area (Å²) >= 11 is 6.96. The number of nitrogens with one attached hydrogen (secondary N) is 3. The molecule has 0 radical (unpaired) electrons. The molecule has 0 spiro atoms. The SMILES string of the molecule is Cc1cc(NC(=O)c2ccc(F)cc2Cl)sc1C(=O)NCC(=O)Nc1cccnc1. The van der Waals surface area contributed by atoms with E-state index in [1.54, 1.807) is 31.3 Å². The molecule has 2 aromatic heterocycles. The summed E-state index contributed by atoms with van der Waals surface area (Å²) in [5.41, 5.74) is 1.27. The predicted molar refractivity (Wildman–Crippen MR) is 114 cm³/mol. The molecule has 3 N–H and O–H groups in total. The van der Waals surface area contributed by atoms with E-state index in [2.05, 4.69) is 20.9 Å². The molecular weight excluding hydrogens is 431 g/mol. The Labute approximate surface area is 180 Å². The van der Waals surface area contributed by atoms with Gasteiger partial charge >= 0.3 is 0 Å². The summed E-state index contributed by atoms with van der Waals surface area (Å²) in [6.07, 6.45) is 3.07. The van der Waals surface area contributed by atoms with Gasteiger partial charge in [-0.2, -0.15) is 0 Å². The average Bonchev–Trinajstić information content (AvgIpc) is 3.06. The number of benzene rings is 1. The minimum absolute atomic E-state index is 0.0154. The van der Waals surface area contributed by atoms with E-state index in [0.717, 1.165) is 23.5 Å². The molecule has 0 fully saturated rings. The predicted octanol–water partition coefficient (Wildman–Crippen LogP) is 3.86. The highest BCUT2D eigenvalue weighted by Gasteiger charge is 2.17. The van der Waals surface area contributed by atoms with Crippen LogP contribution in [0.3, 0.4) is 0 Å². The molecule has 0 saturated carbocycles. The summed E-state index contributed by atoms with van der Waals surface area (Å²) in [7, 11) is 0. The molecule has 1 aromatic carbocycles. The maximum atomic E-state index is 13.1. The lowest BCUT2D eigenvalue weighted by Crippen LogP contribution is -2.32. The molecule has 7 nitrogen and oxygen atoms in total. The fourth-order valence-electron chi connectivity index (χ4n) is 2.50. The topological polar surface area (TPSA) is 100 Å². The highest BCUT2D eigenvalue weighted by Crippen LogP contribution is 2.28. The third kappa shape index (κ3) is 5.40. The first-order chi connectivity index (χ1) is 14.3. The van der Waals surface area contributed by atoms with E-state index in [0.29, 0.717) is 21.1 Å². The molecule has 0 atom stereocenters. The van der Waals surface area contributed by atoms with E-state index in [-0.39, 0.29) is 17.1 Å². The van der Waals surface area contributed by atoms with Crippen LogP contribution in [0, 0.1) is 12.7 Å². The second-order valence-electron chi connectivity index (χ2n) is 6.17. The molecular formula is C20H16ClFN4O3S. The zero-order chi connectivity index (χ0) is 21.7. The van der Waals surface area contributed by atoms with Crippen molar-refractivity contribution in [3.8, 4) is 0 Å². The number of carbonyl (C=O) groups excluding carboxylic acids is 3. The van der Waals surface area contributed by atoms with Gasteiger partial charge in [0.15, 0.2) is 0 Å². The highest BCUT2D eigenvalue weighted by molar-refractivity contribution is 7.18. The summed E-state index contributed by atoms with van der Waals surface area (Å²) < 4.78 is 13.1. The molecule has 10 heteroatoms. The van der Waals surface area contributed by atoms with Crippen molar-refractivity contribution < 1.29 is 18.8 Å². The first-order valence-electron chi connectivity index (χ1n) is 8.68. The van der Waals surface area contributed by atoms with Crippen LogP contribution >= 0.6 is 22.9 Å². The van der Waals surface area contributed by atoms with Crippen LogP contribution in [0.1, 0.15) is 25.6 Å². The Bertz CT molecular complexity index is 1100. The van der Waals surface area contributed by atoms with Gasteiger partial charge in [-0.1, -0.05) is 11.6 Å². The number of nitrogens with zero attached hydrogens (tertiary/aromatic N) is 1. The molecule has 3 amide bonds. The number of aryl methyl sites for hydroxylation is 1. The molecule has 0 aliphatic rings. The molecule has 0 aliphatic heterocycles. The maximum absolute atomic E-state index is 13.1. The minimum atomic E-state index is -0.546. The largest absolute Gasteiger partial charge is 0.342 e. The number of hydrogen-bond donors (Lipinski definition) is 3. The fourth-order valence-corrected chi connectivity index (χ4v) is 3.74. The molecule has 0 bridgehead atoms. The number of rotatable bonds is 6. The van der Waals surface area contributed by atoms with E-state index < -0.39 is 23.5 Å². The molecule has 2 heterocycles. The zero-order valence-corrected chi connectivity index (χ0v) is 17.2. The normalized spacial score (nSPS) is 10.4. The van der Waals surface area contributed by atoms with Crippen molar-refractivity contribution in [3.63, 3.8) is 0 Å². The van der Waals surface area contributed by atoms with Crippen molar-refractivity contribution in [2.24, 2.45) is 0 Å². The van der Waals surface area contributed by atoms with Crippen LogP contribution in [0.2, 0.25) is 5.02 Å². The van der Waals surface area contributed by atoms with Gasteiger partial charge in [0.05, 0.1) is 38.9 Å². The average molecular weight is 447 g/mol. The van der Waals surface area contributed by atoms with E-state index in [4.69, 9.17) is 11.6 Å². The summed E-state index contributed by atoms with van der Waals surface area (Å²) in [5, 5.41) is 8.19. The van der Waals surface area contributed by atoms with Crippen molar-refractivity contribution in [1.82, 2.24) is 10.3 Å². The number of halogens is 2. The van der Waals surface area contributed by atoms with Gasteiger partial charge in [-0.25, -0.2) is 4.39 Å². The van der Waals surface area contributed by atoms with Crippen molar-refractivity contribution in [2.75, 3.05) is 17.2 Å². The van der Waals surface area contributed by atoms with Crippen molar-refractivity contribution in [2.45, 2.75) is 6.92 Å². The lowest BCUT2D eigenvalue weighted by atomic mass is 10.2. The van der Waals surface area contributed by atoms with Crippen molar-refractivity contribution in [1.29, 1.82) is 0 Å². The zero-order valence-electron chi connectivity index (χ0n) is 15.7. The summed E-state index contributed by atoms with van der Waals surface area (Å²) in [5.74, 6) is -1.91. The van der Waals surface area contributed by atoms with Crippen LogP contribution in [-0.2, 0) is 4.79 Å². The summed E-state index contributed by atoms with van der Waals surface area (Å²) in [6, 6.07) is 8.45. The van der Waals surface area contributed by atoms with Crippen molar-refractivity contribution in [3.05, 3.63) is 75.6 Å². The smallest absolute Gasteiger partial charge is 0.262 e. The number of hydrogen-bond acceptors (Lipinski definition) is 5. The van der Waals surface area contributed by atoms with Crippen LogP contribution in [0.15, 0.2) is 48.8 Å². The van der Waals surface area contributed by atoms with Gasteiger partial charge in [-0.15, -0.1) is 11.3 Å². The summed E-state index contributed by atoms with van der Waals surface area (Å²) in [6.45, 7) is 1.49. The number of pyridine rings is 1. The van der Waals surface area contributed by atoms with Gasteiger partial charge < -0.3 is 16.0 Å². The van der Waals surface area contributed by atoms with Crippen LogP contribution in [0.25, 0.3) is 0 Å². The number of carbonyl (C=O) groups is 3. The second-order valence-corrected chi connectivity index (χ2v) is 7.63. The van der Waals surface area contributed by atoms with Crippen LogP contribution < -0.4 is 16.0 Å². The molecule has 30 heavy (non-hydrogen) atoms. The standard InChI is InChI=1S/C20H16ClFN4O3S/c1-11-7-17(26-19(28)14-5-4-12(22)8-15(14)21)30-18(11)20(29)24-10-16(27)25-13-3-2-6-23-9-13/h2-9H,10H2,1H3,(H,24,29)(H,25,27)(H,26,28).